The van der Waals surface area contributed by atoms with E-state index in [9.17, 15) is 0 Å². The summed E-state index contributed by atoms with van der Waals surface area (Å²) in [4.78, 5) is 4.92. The maximum atomic E-state index is 8.59. The summed E-state index contributed by atoms with van der Waals surface area (Å²) in [5.74, 6) is 1.01. The van der Waals surface area contributed by atoms with Crippen LogP contribution in [-0.2, 0) is 6.42 Å². The van der Waals surface area contributed by atoms with Gasteiger partial charge in [0.15, 0.2) is 0 Å². The first-order valence-corrected chi connectivity index (χ1v) is 14.6. The zero-order chi connectivity index (χ0) is 33.1. The van der Waals surface area contributed by atoms with Crippen molar-refractivity contribution < 1.29 is 6.85 Å². The van der Waals surface area contributed by atoms with Crippen molar-refractivity contribution in [1.29, 1.82) is 0 Å². The van der Waals surface area contributed by atoms with Gasteiger partial charge in [0, 0.05) is 12.1 Å². The van der Waals surface area contributed by atoms with Crippen LogP contribution in [0.2, 0.25) is 0 Å². The second-order valence-electron chi connectivity index (χ2n) is 10.7. The maximum Gasteiger partial charge on any atom is 0.114 e. The minimum atomic E-state index is -0.395. The molecule has 0 amide bonds. The Balaban J connectivity index is 1.38. The highest BCUT2D eigenvalue weighted by Crippen LogP contribution is 2.44. The number of aryl methyl sites for hydroxylation is 1. The largest absolute Gasteiger partial charge is 0.296 e. The molecule has 0 bridgehead atoms. The summed E-state index contributed by atoms with van der Waals surface area (Å²) in [6.07, 6.45) is 0.807. The molecule has 8 rings (SSSR count). The lowest BCUT2D eigenvalue weighted by Gasteiger charge is -2.19. The first-order chi connectivity index (χ1) is 23.4. The van der Waals surface area contributed by atoms with Crippen molar-refractivity contribution in [2.75, 3.05) is 0 Å². The van der Waals surface area contributed by atoms with Gasteiger partial charge in [0.2, 0.25) is 0 Å². The SMILES string of the molecule is [2H]c1c([2H])c([2H])c(-c2cccc(-c3c4ccccc4c(-c4cccc(-n5c(CC)nc6ccccc65)c4)c4ccccc34)c2)c([2H])c1[2H]. The van der Waals surface area contributed by atoms with E-state index in [1.54, 1.807) is 0 Å². The van der Waals surface area contributed by atoms with E-state index in [2.05, 4.69) is 90.4 Å². The normalized spacial score (nSPS) is 13.1. The summed E-state index contributed by atoms with van der Waals surface area (Å²) in [5, 5.41) is 4.33. The number of rotatable bonds is 5. The zero-order valence-electron chi connectivity index (χ0n) is 28.6. The molecular weight excluding hydrogens is 520 g/mol. The second-order valence-corrected chi connectivity index (χ2v) is 10.7. The standard InChI is InChI=1S/C41H30N2/c1-2-39-42-37-24-10-11-25-38(37)43(39)32-19-13-18-31(27-32)41-35-22-8-6-20-33(35)40(34-21-7-9-23-36(34)41)30-17-12-16-29(26-30)28-14-4-3-5-15-28/h3-27H,2H2,1H3/i3D,4D,5D,14D,15D. The van der Waals surface area contributed by atoms with Crippen molar-refractivity contribution >= 4 is 32.6 Å². The molecule has 0 radical (unpaired) electrons. The third kappa shape index (κ3) is 4.23. The van der Waals surface area contributed by atoms with Crippen LogP contribution in [0.15, 0.2) is 152 Å². The topological polar surface area (TPSA) is 17.8 Å². The van der Waals surface area contributed by atoms with E-state index in [1.165, 1.54) is 0 Å². The number of benzene rings is 7. The van der Waals surface area contributed by atoms with Gasteiger partial charge in [-0.05, 0) is 85.3 Å². The Morgan fingerprint density at radius 3 is 1.77 bits per heavy atom. The maximum absolute atomic E-state index is 8.59. The number of hydrogen-bond acceptors (Lipinski definition) is 1. The van der Waals surface area contributed by atoms with Gasteiger partial charge in [-0.15, -0.1) is 0 Å². The predicted molar refractivity (Wildman–Crippen MR) is 182 cm³/mol. The van der Waals surface area contributed by atoms with Crippen molar-refractivity contribution in [1.82, 2.24) is 9.55 Å². The Bertz CT molecular complexity index is 2480. The van der Waals surface area contributed by atoms with Crippen LogP contribution in [0.25, 0.3) is 71.6 Å². The summed E-state index contributed by atoms with van der Waals surface area (Å²) < 4.78 is 44.0. The molecule has 204 valence electrons. The summed E-state index contributed by atoms with van der Waals surface area (Å²) in [7, 11) is 0. The second kappa shape index (κ2) is 10.4. The van der Waals surface area contributed by atoms with Crippen molar-refractivity contribution in [2.24, 2.45) is 0 Å². The number of fused-ring (bicyclic) bond motifs is 3. The molecule has 0 saturated carbocycles. The van der Waals surface area contributed by atoms with Crippen LogP contribution >= 0.6 is 0 Å². The average Bonchev–Trinajstić information content (AvgIpc) is 3.51. The number of hydrogen-bond donors (Lipinski definition) is 0. The fraction of sp³-hybridized carbons (Fsp3) is 0.0488. The fourth-order valence-corrected chi connectivity index (χ4v) is 6.38. The van der Waals surface area contributed by atoms with E-state index in [-0.39, 0.29) is 29.7 Å². The number of imidazole rings is 1. The summed E-state index contributed by atoms with van der Waals surface area (Å²) in [6.45, 7) is 2.13. The molecule has 0 atom stereocenters. The van der Waals surface area contributed by atoms with Crippen molar-refractivity contribution in [3.8, 4) is 39.1 Å². The molecule has 0 saturated heterocycles. The first-order valence-electron chi connectivity index (χ1n) is 17.1. The molecule has 0 aliphatic rings. The predicted octanol–water partition coefficient (Wildman–Crippen LogP) is 10.9. The molecule has 1 heterocycles. The smallest absolute Gasteiger partial charge is 0.114 e. The van der Waals surface area contributed by atoms with Gasteiger partial charge in [-0.3, -0.25) is 4.57 Å². The number of nitrogens with zero attached hydrogens (tertiary/aromatic N) is 2. The highest BCUT2D eigenvalue weighted by atomic mass is 15.1. The van der Waals surface area contributed by atoms with Crippen LogP contribution in [0.4, 0.5) is 0 Å². The van der Waals surface area contributed by atoms with Gasteiger partial charge in [0.25, 0.3) is 0 Å². The first kappa shape index (κ1) is 20.4. The van der Waals surface area contributed by atoms with E-state index >= 15 is 0 Å². The molecule has 8 aromatic rings. The summed E-state index contributed by atoms with van der Waals surface area (Å²) in [6, 6.07) is 39.9. The monoisotopic (exact) mass is 555 g/mol. The lowest BCUT2D eigenvalue weighted by molar-refractivity contribution is 0.908. The third-order valence-corrected chi connectivity index (χ3v) is 8.21. The number of aromatic nitrogens is 2. The molecule has 0 aliphatic heterocycles. The van der Waals surface area contributed by atoms with Crippen molar-refractivity contribution in [2.45, 2.75) is 13.3 Å². The van der Waals surface area contributed by atoms with Crippen molar-refractivity contribution in [3.05, 3.63) is 157 Å². The average molecular weight is 556 g/mol. The van der Waals surface area contributed by atoms with Gasteiger partial charge < -0.3 is 0 Å². The summed E-state index contributed by atoms with van der Waals surface area (Å²) in [5.41, 5.74) is 8.06. The Hall–Kier alpha value is -5.47. The zero-order valence-corrected chi connectivity index (χ0v) is 23.6. The molecule has 1 aromatic heterocycles. The van der Waals surface area contributed by atoms with E-state index < -0.39 is 6.04 Å². The molecule has 0 fully saturated rings. The van der Waals surface area contributed by atoms with E-state index in [1.807, 2.05) is 42.5 Å². The molecule has 43 heavy (non-hydrogen) atoms. The van der Waals surface area contributed by atoms with Crippen molar-refractivity contribution in [3.63, 3.8) is 0 Å². The van der Waals surface area contributed by atoms with Gasteiger partial charge >= 0.3 is 0 Å². The van der Waals surface area contributed by atoms with Gasteiger partial charge in [0.05, 0.1) is 17.9 Å². The minimum absolute atomic E-state index is 0.198. The molecule has 0 unspecified atom stereocenters. The highest BCUT2D eigenvalue weighted by Gasteiger charge is 2.18. The van der Waals surface area contributed by atoms with E-state index in [0.717, 1.165) is 72.8 Å². The molecule has 2 nitrogen and oxygen atoms in total. The lowest BCUT2D eigenvalue weighted by atomic mass is 9.85. The minimum Gasteiger partial charge on any atom is -0.296 e. The van der Waals surface area contributed by atoms with E-state index in [0.29, 0.717) is 5.56 Å². The third-order valence-electron chi connectivity index (χ3n) is 8.21. The molecule has 2 heteroatoms. The summed E-state index contributed by atoms with van der Waals surface area (Å²) >= 11 is 0. The Labute approximate surface area is 258 Å². The molecule has 0 aliphatic carbocycles. The quantitative estimate of drug-likeness (QED) is 0.193. The number of para-hydroxylation sites is 2. The molecule has 7 aromatic carbocycles. The van der Waals surface area contributed by atoms with E-state index in [4.69, 9.17) is 11.8 Å². The van der Waals surface area contributed by atoms with Crippen LogP contribution in [0.3, 0.4) is 0 Å². The van der Waals surface area contributed by atoms with Crippen LogP contribution in [0.1, 0.15) is 19.6 Å². The lowest BCUT2D eigenvalue weighted by Crippen LogP contribution is -2.00. The van der Waals surface area contributed by atoms with Gasteiger partial charge in [-0.1, -0.05) is 128 Å². The molecule has 0 spiro atoms. The van der Waals surface area contributed by atoms with Gasteiger partial charge in [-0.2, -0.15) is 0 Å². The van der Waals surface area contributed by atoms with Gasteiger partial charge in [0.1, 0.15) is 5.82 Å². The van der Waals surface area contributed by atoms with Gasteiger partial charge in [-0.25, -0.2) is 4.98 Å². The van der Waals surface area contributed by atoms with Crippen LogP contribution in [-0.4, -0.2) is 9.55 Å². The fourth-order valence-electron chi connectivity index (χ4n) is 6.38. The Morgan fingerprint density at radius 2 is 1.12 bits per heavy atom. The Kier molecular flexibility index (Phi) is 4.95. The molecule has 0 N–H and O–H groups in total. The Morgan fingerprint density at radius 1 is 0.558 bits per heavy atom. The van der Waals surface area contributed by atoms with Crippen LogP contribution in [0.5, 0.6) is 0 Å². The molecular formula is C41H30N2. The highest BCUT2D eigenvalue weighted by molar-refractivity contribution is 6.21. The van der Waals surface area contributed by atoms with Crippen LogP contribution < -0.4 is 0 Å². The van der Waals surface area contributed by atoms with Crippen LogP contribution in [0, 0.1) is 0 Å².